The number of nitrogens with zero attached hydrogens (tertiary/aromatic N) is 2. The fourth-order valence-corrected chi connectivity index (χ4v) is 10.2. The van der Waals surface area contributed by atoms with Crippen LogP contribution in [0.4, 0.5) is 11.4 Å². The van der Waals surface area contributed by atoms with Crippen LogP contribution in [0.5, 0.6) is 5.75 Å². The van der Waals surface area contributed by atoms with Crippen LogP contribution in [0, 0.1) is 37.5 Å². The topological polar surface area (TPSA) is 112 Å². The number of carbonyl (C=O) groups is 5. The maximum absolute atomic E-state index is 15.5. The van der Waals surface area contributed by atoms with E-state index in [9.17, 15) is 19.5 Å². The Labute approximate surface area is 329 Å². The molecular formula is C47H37ClN2O6. The number of carbonyl (C=O) groups excluding carboxylic acids is 5. The number of phenols is 1. The maximum atomic E-state index is 15.5. The number of aromatic hydroxyl groups is 1. The first-order valence-corrected chi connectivity index (χ1v) is 19.2. The first-order chi connectivity index (χ1) is 27.0. The summed E-state index contributed by atoms with van der Waals surface area (Å²) in [5, 5.41) is 11.3. The summed E-state index contributed by atoms with van der Waals surface area (Å²) in [4.78, 5) is 75.1. The number of rotatable bonds is 6. The number of phenolic OH excluding ortho intramolecular Hbond substituents is 1. The Bertz CT molecular complexity index is 2490. The van der Waals surface area contributed by atoms with Crippen LogP contribution in [0.25, 0.3) is 0 Å². The number of fused-ring (bicyclic) bond motifs is 4. The van der Waals surface area contributed by atoms with Crippen LogP contribution in [0.1, 0.15) is 56.9 Å². The van der Waals surface area contributed by atoms with Crippen molar-refractivity contribution in [2.75, 3.05) is 9.80 Å². The summed E-state index contributed by atoms with van der Waals surface area (Å²) in [6.07, 6.45) is 2.45. The minimum absolute atomic E-state index is 0.141. The van der Waals surface area contributed by atoms with Crippen LogP contribution >= 0.6 is 11.6 Å². The highest BCUT2D eigenvalue weighted by Crippen LogP contribution is 2.64. The van der Waals surface area contributed by atoms with Gasteiger partial charge in [0.15, 0.2) is 5.78 Å². The second-order valence-electron chi connectivity index (χ2n) is 15.4. The van der Waals surface area contributed by atoms with Gasteiger partial charge in [-0.2, -0.15) is 0 Å². The maximum Gasteiger partial charge on any atom is 0.246 e. The van der Waals surface area contributed by atoms with E-state index in [1.54, 1.807) is 86.6 Å². The molecule has 0 radical (unpaired) electrons. The number of benzene rings is 5. The molecule has 0 bridgehead atoms. The lowest BCUT2D eigenvalue weighted by molar-refractivity contribution is -0.127. The quantitative estimate of drug-likeness (QED) is 0.106. The van der Waals surface area contributed by atoms with E-state index >= 15 is 9.59 Å². The van der Waals surface area contributed by atoms with Crippen molar-refractivity contribution in [2.45, 2.75) is 38.0 Å². The van der Waals surface area contributed by atoms with Crippen molar-refractivity contribution in [1.82, 2.24) is 0 Å². The van der Waals surface area contributed by atoms with Gasteiger partial charge >= 0.3 is 0 Å². The average molecular weight is 761 g/mol. The molecule has 0 spiro atoms. The zero-order valence-electron chi connectivity index (χ0n) is 30.7. The number of hydrogen-bond acceptors (Lipinski definition) is 6. The molecule has 9 heteroatoms. The molecule has 3 fully saturated rings. The van der Waals surface area contributed by atoms with Crippen LogP contribution in [-0.2, 0) is 24.6 Å². The SMILES string of the molecule is Cc1cc(C2C3=CCC4C(=O)N(c5ccc(C(=O)c6ccccc6)cc5)C(=O)C4C3CC3C(=O)N(c4cccc(Cl)c4)C(=O)C32c2ccccc2)cc(C)c1O. The Kier molecular flexibility index (Phi) is 8.43. The van der Waals surface area contributed by atoms with Gasteiger partial charge in [-0.05, 0) is 97.3 Å². The van der Waals surface area contributed by atoms with Crippen molar-refractivity contribution in [3.63, 3.8) is 0 Å². The smallest absolute Gasteiger partial charge is 0.246 e. The Morgan fingerprint density at radius 3 is 2.00 bits per heavy atom. The molecule has 8 nitrogen and oxygen atoms in total. The Hall–Kier alpha value is -6.12. The molecular weight excluding hydrogens is 724 g/mol. The molecule has 56 heavy (non-hydrogen) atoms. The van der Waals surface area contributed by atoms with Crippen LogP contribution < -0.4 is 9.80 Å². The summed E-state index contributed by atoms with van der Waals surface area (Å²) in [6.45, 7) is 3.61. The number of anilines is 2. The van der Waals surface area contributed by atoms with Gasteiger partial charge in [-0.3, -0.25) is 28.9 Å². The molecule has 2 aliphatic carbocycles. The zero-order valence-corrected chi connectivity index (χ0v) is 31.4. The van der Waals surface area contributed by atoms with Gasteiger partial charge < -0.3 is 5.11 Å². The summed E-state index contributed by atoms with van der Waals surface area (Å²) in [5.74, 6) is -5.15. The van der Waals surface area contributed by atoms with E-state index < -0.39 is 46.8 Å². The summed E-state index contributed by atoms with van der Waals surface area (Å²) >= 11 is 6.43. The first kappa shape index (κ1) is 35.6. The van der Waals surface area contributed by atoms with Gasteiger partial charge in [0.05, 0.1) is 34.5 Å². The molecule has 6 unspecified atom stereocenters. The summed E-state index contributed by atoms with van der Waals surface area (Å²) in [5.41, 5.74) is 3.75. The van der Waals surface area contributed by atoms with E-state index in [0.29, 0.717) is 44.2 Å². The molecule has 9 rings (SSSR count). The third-order valence-electron chi connectivity index (χ3n) is 12.4. The molecule has 2 aliphatic heterocycles. The van der Waals surface area contributed by atoms with Gasteiger partial charge in [0.25, 0.3) is 0 Å². The number of allylic oxidation sites excluding steroid dienone is 2. The van der Waals surface area contributed by atoms with Crippen molar-refractivity contribution in [2.24, 2.45) is 23.7 Å². The van der Waals surface area contributed by atoms with Crippen molar-refractivity contribution < 1.29 is 29.1 Å². The van der Waals surface area contributed by atoms with Crippen molar-refractivity contribution in [3.8, 4) is 5.75 Å². The van der Waals surface area contributed by atoms with Gasteiger partial charge in [0.2, 0.25) is 23.6 Å². The van der Waals surface area contributed by atoms with Crippen LogP contribution in [-0.4, -0.2) is 34.5 Å². The van der Waals surface area contributed by atoms with Crippen LogP contribution in [0.3, 0.4) is 0 Å². The Balaban J connectivity index is 1.18. The third kappa shape index (κ3) is 5.15. The van der Waals surface area contributed by atoms with E-state index in [2.05, 4.69) is 0 Å². The second-order valence-corrected chi connectivity index (χ2v) is 15.8. The number of ketones is 1. The molecule has 6 atom stereocenters. The van der Waals surface area contributed by atoms with E-state index in [1.807, 2.05) is 54.6 Å². The van der Waals surface area contributed by atoms with Crippen molar-refractivity contribution >= 4 is 52.4 Å². The lowest BCUT2D eigenvalue weighted by Gasteiger charge is -2.51. The molecule has 1 N–H and O–H groups in total. The van der Waals surface area contributed by atoms with E-state index in [0.717, 1.165) is 11.1 Å². The molecule has 278 valence electrons. The zero-order chi connectivity index (χ0) is 39.0. The standard InChI is InChI=1S/C47H37ClN2O6/c1-26-22-30(23-27(2)41(26)51)40-35-20-21-36-39(45(55)49(43(36)53)33-18-16-29(17-19-33)42(52)28-10-5-3-6-11-28)37(35)25-38-44(54)50(34-15-9-14-32(48)24-34)46(56)47(38,40)31-12-7-4-8-13-31/h3-20,22-24,36-40,51H,21,25H2,1-2H3. The number of hydrogen-bond donors (Lipinski definition) is 1. The van der Waals surface area contributed by atoms with Crippen molar-refractivity contribution in [3.05, 3.63) is 171 Å². The summed E-state index contributed by atoms with van der Waals surface area (Å²) < 4.78 is 0. The summed E-state index contributed by atoms with van der Waals surface area (Å²) in [7, 11) is 0. The van der Waals surface area contributed by atoms with E-state index in [1.165, 1.54) is 9.80 Å². The number of imide groups is 2. The molecule has 0 aromatic heterocycles. The molecule has 2 heterocycles. The number of halogens is 1. The van der Waals surface area contributed by atoms with Crippen LogP contribution in [0.15, 0.2) is 133 Å². The Morgan fingerprint density at radius 1 is 0.696 bits per heavy atom. The molecule has 2 saturated heterocycles. The van der Waals surface area contributed by atoms with Crippen molar-refractivity contribution in [1.29, 1.82) is 0 Å². The normalized spacial score (nSPS) is 25.5. The first-order valence-electron chi connectivity index (χ1n) is 18.8. The van der Waals surface area contributed by atoms with Gasteiger partial charge in [0.1, 0.15) is 5.75 Å². The highest BCUT2D eigenvalue weighted by atomic mass is 35.5. The minimum atomic E-state index is -1.42. The summed E-state index contributed by atoms with van der Waals surface area (Å²) in [6, 6.07) is 35.2. The van der Waals surface area contributed by atoms with Gasteiger partial charge in [-0.15, -0.1) is 0 Å². The predicted molar refractivity (Wildman–Crippen MR) is 212 cm³/mol. The van der Waals surface area contributed by atoms with Gasteiger partial charge in [0, 0.05) is 22.1 Å². The van der Waals surface area contributed by atoms with Gasteiger partial charge in [-0.1, -0.05) is 102 Å². The fraction of sp³-hybridized carbons (Fsp3) is 0.213. The van der Waals surface area contributed by atoms with Gasteiger partial charge in [-0.25, -0.2) is 4.90 Å². The third-order valence-corrected chi connectivity index (χ3v) is 12.7. The second kappa shape index (κ2) is 13.3. The number of amides is 4. The lowest BCUT2D eigenvalue weighted by atomic mass is 9.49. The van der Waals surface area contributed by atoms with Crippen LogP contribution in [0.2, 0.25) is 5.02 Å². The van der Waals surface area contributed by atoms with E-state index in [4.69, 9.17) is 11.6 Å². The highest BCUT2D eigenvalue weighted by molar-refractivity contribution is 6.32. The van der Waals surface area contributed by atoms with E-state index in [-0.39, 0.29) is 36.2 Å². The lowest BCUT2D eigenvalue weighted by Crippen LogP contribution is -2.53. The fourth-order valence-electron chi connectivity index (χ4n) is 10.0. The number of aryl methyl sites for hydroxylation is 2. The molecule has 4 aliphatic rings. The predicted octanol–water partition coefficient (Wildman–Crippen LogP) is 8.26. The molecule has 4 amide bonds. The monoisotopic (exact) mass is 760 g/mol. The molecule has 1 saturated carbocycles. The molecule has 5 aromatic carbocycles. The Morgan fingerprint density at radius 2 is 1.34 bits per heavy atom. The minimum Gasteiger partial charge on any atom is -0.507 e. The average Bonchev–Trinajstić information content (AvgIpc) is 3.60. The molecule has 5 aromatic rings. The largest absolute Gasteiger partial charge is 0.507 e. The highest BCUT2D eigenvalue weighted by Gasteiger charge is 2.70.